The highest BCUT2D eigenvalue weighted by atomic mass is 16.5. The van der Waals surface area contributed by atoms with Gasteiger partial charge in [-0.1, -0.05) is 12.1 Å². The Kier molecular flexibility index (Phi) is 10.6. The summed E-state index contributed by atoms with van der Waals surface area (Å²) in [5.74, 6) is 2.09. The average Bonchev–Trinajstić information content (AvgIpc) is 2.93. The molecule has 0 radical (unpaired) electrons. The third kappa shape index (κ3) is 7.84. The molecule has 1 saturated heterocycles. The fraction of sp³-hybridized carbons (Fsp3) is 0.500. The summed E-state index contributed by atoms with van der Waals surface area (Å²) < 4.78 is 21.9. The number of methoxy groups -OCH3 is 3. The second kappa shape index (κ2) is 13.9. The Labute approximate surface area is 219 Å². The van der Waals surface area contributed by atoms with Crippen LogP contribution in [0.3, 0.4) is 0 Å². The number of ether oxygens (including phenoxy) is 4. The number of carbonyl (C=O) groups excluding carboxylic acids is 2. The molecule has 1 fully saturated rings. The van der Waals surface area contributed by atoms with Crippen LogP contribution in [0.4, 0.5) is 0 Å². The lowest BCUT2D eigenvalue weighted by Crippen LogP contribution is -2.49. The lowest BCUT2D eigenvalue weighted by Gasteiger charge is -2.34. The van der Waals surface area contributed by atoms with Gasteiger partial charge in [0.05, 0.1) is 27.9 Å². The number of hydrogen-bond acceptors (Lipinski definition) is 8. The van der Waals surface area contributed by atoms with Gasteiger partial charge >= 0.3 is 0 Å². The highest BCUT2D eigenvalue weighted by Crippen LogP contribution is 2.38. The largest absolute Gasteiger partial charge is 0.494 e. The molecule has 0 atom stereocenters. The smallest absolute Gasteiger partial charge is 0.254 e. The van der Waals surface area contributed by atoms with Crippen molar-refractivity contribution in [1.82, 2.24) is 14.7 Å². The van der Waals surface area contributed by atoms with Crippen LogP contribution in [-0.4, -0.2) is 108 Å². The minimum absolute atomic E-state index is 0.0858. The van der Waals surface area contributed by atoms with Gasteiger partial charge in [0.25, 0.3) is 5.91 Å². The molecule has 1 aliphatic rings. The van der Waals surface area contributed by atoms with Crippen LogP contribution in [0.15, 0.2) is 36.4 Å². The third-order valence-corrected chi connectivity index (χ3v) is 6.40. The van der Waals surface area contributed by atoms with E-state index >= 15 is 0 Å². The summed E-state index contributed by atoms with van der Waals surface area (Å²) in [7, 11) is 8.66. The molecule has 0 aromatic heterocycles. The summed E-state index contributed by atoms with van der Waals surface area (Å²) in [5, 5.41) is 0. The fourth-order valence-corrected chi connectivity index (χ4v) is 4.30. The number of rotatable bonds is 13. The highest BCUT2D eigenvalue weighted by molar-refractivity contribution is 5.97. The van der Waals surface area contributed by atoms with Crippen LogP contribution < -0.4 is 18.9 Å². The Morgan fingerprint density at radius 2 is 1.57 bits per heavy atom. The van der Waals surface area contributed by atoms with Crippen LogP contribution in [0.1, 0.15) is 33.6 Å². The summed E-state index contributed by atoms with van der Waals surface area (Å²) >= 11 is 0. The lowest BCUT2D eigenvalue weighted by molar-refractivity contribution is 0.0627. The van der Waals surface area contributed by atoms with E-state index in [1.807, 2.05) is 43.3 Å². The molecule has 0 bridgehead atoms. The number of Topliss-reactive ketones (excluding diaryl/α,β-unsaturated/α-hetero) is 1. The number of hydrogen-bond donors (Lipinski definition) is 0. The summed E-state index contributed by atoms with van der Waals surface area (Å²) in [6, 6.07) is 10.8. The Hall–Kier alpha value is -3.30. The Morgan fingerprint density at radius 1 is 0.892 bits per heavy atom. The number of nitrogens with zero attached hydrogens (tertiary/aromatic N) is 3. The number of ketones is 1. The van der Waals surface area contributed by atoms with Crippen molar-refractivity contribution in [2.45, 2.75) is 12.8 Å². The average molecular weight is 514 g/mol. The van der Waals surface area contributed by atoms with Crippen LogP contribution >= 0.6 is 0 Å². The van der Waals surface area contributed by atoms with Gasteiger partial charge in [-0.15, -0.1) is 0 Å². The Balaban J connectivity index is 1.49. The molecule has 1 heterocycles. The van der Waals surface area contributed by atoms with Gasteiger partial charge in [-0.3, -0.25) is 14.5 Å². The molecule has 0 aliphatic carbocycles. The SMILES string of the molecule is COc1cc(C(=O)N2CCN(CCC(=O)c3cccc(OCCCN(C)C)c3)CC2)cc(OC)c1OC. The number of carbonyl (C=O) groups is 2. The van der Waals surface area contributed by atoms with Crippen molar-refractivity contribution < 1.29 is 28.5 Å². The maximum atomic E-state index is 13.1. The van der Waals surface area contributed by atoms with Crippen LogP contribution in [0.5, 0.6) is 23.0 Å². The van der Waals surface area contributed by atoms with Gasteiger partial charge in [-0.05, 0) is 44.8 Å². The normalized spacial score (nSPS) is 13.9. The molecule has 9 heteroatoms. The van der Waals surface area contributed by atoms with Gasteiger partial charge in [0.15, 0.2) is 17.3 Å². The molecule has 0 N–H and O–H groups in total. The van der Waals surface area contributed by atoms with E-state index in [9.17, 15) is 9.59 Å². The molecule has 2 aromatic carbocycles. The zero-order valence-corrected chi connectivity index (χ0v) is 22.6. The van der Waals surface area contributed by atoms with E-state index in [0.717, 1.165) is 18.7 Å². The second-order valence-corrected chi connectivity index (χ2v) is 9.25. The predicted molar refractivity (Wildman–Crippen MR) is 142 cm³/mol. The zero-order valence-electron chi connectivity index (χ0n) is 22.6. The molecule has 202 valence electrons. The van der Waals surface area contributed by atoms with Crippen molar-refractivity contribution in [3.63, 3.8) is 0 Å². The van der Waals surface area contributed by atoms with Crippen molar-refractivity contribution in [3.8, 4) is 23.0 Å². The lowest BCUT2D eigenvalue weighted by atomic mass is 10.1. The van der Waals surface area contributed by atoms with Crippen LogP contribution in [0.25, 0.3) is 0 Å². The minimum Gasteiger partial charge on any atom is -0.494 e. The minimum atomic E-state index is -0.0858. The maximum absolute atomic E-state index is 13.1. The van der Waals surface area contributed by atoms with Gasteiger partial charge in [0.2, 0.25) is 5.75 Å². The van der Waals surface area contributed by atoms with Gasteiger partial charge in [-0.2, -0.15) is 0 Å². The first-order valence-electron chi connectivity index (χ1n) is 12.6. The van der Waals surface area contributed by atoms with Gasteiger partial charge in [0.1, 0.15) is 5.75 Å². The standard InChI is InChI=1S/C28H39N3O6/c1-29(2)11-7-17-37-23-9-6-8-21(18-23)24(32)10-12-30-13-15-31(16-14-30)28(33)22-19-25(34-3)27(36-5)26(20-22)35-4/h6,8-9,18-20H,7,10-17H2,1-5H3. The second-order valence-electron chi connectivity index (χ2n) is 9.25. The molecule has 3 rings (SSSR count). The first-order valence-corrected chi connectivity index (χ1v) is 12.6. The van der Waals surface area contributed by atoms with E-state index in [1.165, 1.54) is 21.3 Å². The summed E-state index contributed by atoms with van der Waals surface area (Å²) in [4.78, 5) is 32.1. The summed E-state index contributed by atoms with van der Waals surface area (Å²) in [5.41, 5.74) is 1.16. The summed E-state index contributed by atoms with van der Waals surface area (Å²) in [6.07, 6.45) is 1.35. The van der Waals surface area contributed by atoms with Crippen molar-refractivity contribution in [2.24, 2.45) is 0 Å². The first-order chi connectivity index (χ1) is 17.9. The van der Waals surface area contributed by atoms with Gasteiger partial charge in [0, 0.05) is 56.8 Å². The molecule has 37 heavy (non-hydrogen) atoms. The number of piperazine rings is 1. The van der Waals surface area contributed by atoms with Crippen molar-refractivity contribution in [3.05, 3.63) is 47.5 Å². The van der Waals surface area contributed by atoms with E-state index in [-0.39, 0.29) is 11.7 Å². The molecule has 9 nitrogen and oxygen atoms in total. The molecule has 0 unspecified atom stereocenters. The Bertz CT molecular complexity index is 1020. The van der Waals surface area contributed by atoms with E-state index in [1.54, 1.807) is 12.1 Å². The van der Waals surface area contributed by atoms with Crippen molar-refractivity contribution >= 4 is 11.7 Å². The monoisotopic (exact) mass is 513 g/mol. The van der Waals surface area contributed by atoms with E-state index < -0.39 is 0 Å². The van der Waals surface area contributed by atoms with Gasteiger partial charge in [-0.25, -0.2) is 0 Å². The predicted octanol–water partition coefficient (Wildman–Crippen LogP) is 3.07. The van der Waals surface area contributed by atoms with Crippen LogP contribution in [-0.2, 0) is 0 Å². The maximum Gasteiger partial charge on any atom is 0.254 e. The fourth-order valence-electron chi connectivity index (χ4n) is 4.30. The van der Waals surface area contributed by atoms with Crippen molar-refractivity contribution in [2.75, 3.05) is 81.3 Å². The molecular weight excluding hydrogens is 474 g/mol. The van der Waals surface area contributed by atoms with Crippen LogP contribution in [0, 0.1) is 0 Å². The van der Waals surface area contributed by atoms with Gasteiger partial charge < -0.3 is 28.7 Å². The van der Waals surface area contributed by atoms with E-state index in [0.29, 0.717) is 74.1 Å². The first kappa shape index (κ1) is 28.3. The molecule has 1 aliphatic heterocycles. The molecule has 0 spiro atoms. The quantitative estimate of drug-likeness (QED) is 0.299. The zero-order chi connectivity index (χ0) is 26.8. The number of benzene rings is 2. The highest BCUT2D eigenvalue weighted by Gasteiger charge is 2.25. The Morgan fingerprint density at radius 3 is 2.16 bits per heavy atom. The van der Waals surface area contributed by atoms with E-state index in [4.69, 9.17) is 18.9 Å². The van der Waals surface area contributed by atoms with Crippen LogP contribution in [0.2, 0.25) is 0 Å². The molecule has 0 saturated carbocycles. The molecular formula is C28H39N3O6. The molecule has 1 amide bonds. The topological polar surface area (TPSA) is 80.8 Å². The summed E-state index contributed by atoms with van der Waals surface area (Å²) in [6.45, 7) is 4.81. The van der Waals surface area contributed by atoms with E-state index in [2.05, 4.69) is 9.80 Å². The molecule has 2 aromatic rings. The van der Waals surface area contributed by atoms with Crippen molar-refractivity contribution in [1.29, 1.82) is 0 Å². The third-order valence-electron chi connectivity index (χ3n) is 6.40. The number of amides is 1.